The third-order valence-corrected chi connectivity index (χ3v) is 3.32. The minimum absolute atomic E-state index is 0.189. The predicted molar refractivity (Wildman–Crippen MR) is 84.5 cm³/mol. The van der Waals surface area contributed by atoms with Gasteiger partial charge in [-0.3, -0.25) is 9.59 Å². The van der Waals surface area contributed by atoms with E-state index < -0.39 is 0 Å². The molecule has 0 fully saturated rings. The van der Waals surface area contributed by atoms with E-state index in [1.807, 2.05) is 0 Å². The number of hydrogen-bond donors (Lipinski definition) is 1. The highest BCUT2D eigenvalue weighted by atomic mass is 16.5. The van der Waals surface area contributed by atoms with Crippen molar-refractivity contribution in [3.8, 4) is 0 Å². The Balaban J connectivity index is 3.53. The van der Waals surface area contributed by atoms with E-state index in [-0.39, 0.29) is 18.5 Å². The molecule has 0 heterocycles. The van der Waals surface area contributed by atoms with Crippen LogP contribution in [0.3, 0.4) is 0 Å². The first-order valence-electron chi connectivity index (χ1n) is 8.28. The Labute approximate surface area is 133 Å². The van der Waals surface area contributed by atoms with Gasteiger partial charge >= 0.3 is 11.9 Å². The zero-order valence-electron chi connectivity index (χ0n) is 14.0. The molecule has 0 rings (SSSR count). The van der Waals surface area contributed by atoms with Gasteiger partial charge in [0.05, 0.1) is 19.6 Å². The largest absolute Gasteiger partial charge is 0.466 e. The highest BCUT2D eigenvalue weighted by Crippen LogP contribution is 1.99. The van der Waals surface area contributed by atoms with Crippen molar-refractivity contribution in [3.05, 3.63) is 0 Å². The van der Waals surface area contributed by atoms with Crippen molar-refractivity contribution in [2.75, 3.05) is 39.5 Å². The number of ether oxygens (including phenoxy) is 2. The number of carbonyl (C=O) groups excluding carboxylic acids is 2. The monoisotopic (exact) mass is 317 g/mol. The van der Waals surface area contributed by atoms with Crippen molar-refractivity contribution in [1.82, 2.24) is 4.90 Å². The summed E-state index contributed by atoms with van der Waals surface area (Å²) < 4.78 is 10.1. The fourth-order valence-corrected chi connectivity index (χ4v) is 1.88. The number of hydrogen-bond acceptors (Lipinski definition) is 6. The first-order chi connectivity index (χ1) is 10.6. The second kappa shape index (κ2) is 14.8. The summed E-state index contributed by atoms with van der Waals surface area (Å²) in [5.41, 5.74) is 0. The Hall–Kier alpha value is -1.14. The summed E-state index contributed by atoms with van der Waals surface area (Å²) in [6.07, 6.45) is 3.93. The van der Waals surface area contributed by atoms with E-state index in [1.54, 1.807) is 6.92 Å². The quantitative estimate of drug-likeness (QED) is 0.388. The first-order valence-corrected chi connectivity index (χ1v) is 8.28. The molecular formula is C16H31NO5. The van der Waals surface area contributed by atoms with Crippen LogP contribution in [0.5, 0.6) is 0 Å². The van der Waals surface area contributed by atoms with E-state index in [2.05, 4.69) is 11.8 Å². The molecule has 0 atom stereocenters. The number of rotatable bonds is 14. The Morgan fingerprint density at radius 1 is 0.909 bits per heavy atom. The smallest absolute Gasteiger partial charge is 0.307 e. The molecule has 1 N–H and O–H groups in total. The van der Waals surface area contributed by atoms with E-state index in [4.69, 9.17) is 14.6 Å². The van der Waals surface area contributed by atoms with Crippen LogP contribution >= 0.6 is 0 Å². The second-order valence-corrected chi connectivity index (χ2v) is 5.12. The standard InChI is InChI=1S/C16H31NO5/c1-3-15(19)21-13-7-8-14-22-16(20)9-11-17(4-2)10-5-6-12-18/h18H,3-14H2,1-2H3. The van der Waals surface area contributed by atoms with Crippen molar-refractivity contribution in [2.24, 2.45) is 0 Å². The van der Waals surface area contributed by atoms with Crippen LogP contribution in [0, 0.1) is 0 Å². The third-order valence-electron chi connectivity index (χ3n) is 3.32. The molecule has 130 valence electrons. The number of esters is 2. The molecule has 0 amide bonds. The van der Waals surface area contributed by atoms with Crippen LogP contribution in [0.15, 0.2) is 0 Å². The molecule has 0 saturated heterocycles. The summed E-state index contributed by atoms with van der Waals surface area (Å²) >= 11 is 0. The van der Waals surface area contributed by atoms with Crippen LogP contribution in [-0.2, 0) is 19.1 Å². The van der Waals surface area contributed by atoms with Crippen LogP contribution in [0.1, 0.15) is 52.4 Å². The molecule has 0 aliphatic rings. The lowest BCUT2D eigenvalue weighted by Gasteiger charge is -2.19. The summed E-state index contributed by atoms with van der Waals surface area (Å²) in [7, 11) is 0. The predicted octanol–water partition coefficient (Wildman–Crippen LogP) is 1.75. The molecule has 0 radical (unpaired) electrons. The van der Waals surface area contributed by atoms with Gasteiger partial charge in [0, 0.05) is 19.6 Å². The average Bonchev–Trinajstić information content (AvgIpc) is 2.53. The first kappa shape index (κ1) is 20.9. The maximum atomic E-state index is 11.6. The number of carbonyl (C=O) groups is 2. The number of aliphatic hydroxyl groups is 1. The molecule has 0 aromatic rings. The summed E-state index contributed by atoms with van der Waals surface area (Å²) in [5.74, 6) is -0.385. The van der Waals surface area contributed by atoms with Crippen LogP contribution in [0.25, 0.3) is 0 Å². The highest BCUT2D eigenvalue weighted by Gasteiger charge is 2.07. The van der Waals surface area contributed by atoms with Gasteiger partial charge in [0.25, 0.3) is 0 Å². The van der Waals surface area contributed by atoms with Crippen LogP contribution < -0.4 is 0 Å². The molecular weight excluding hydrogens is 286 g/mol. The molecule has 0 aliphatic carbocycles. The van der Waals surface area contributed by atoms with E-state index >= 15 is 0 Å². The minimum Gasteiger partial charge on any atom is -0.466 e. The Bertz CT molecular complexity index is 296. The van der Waals surface area contributed by atoms with Gasteiger partial charge in [0.2, 0.25) is 0 Å². The Morgan fingerprint density at radius 3 is 2.09 bits per heavy atom. The van der Waals surface area contributed by atoms with Gasteiger partial charge < -0.3 is 19.5 Å². The van der Waals surface area contributed by atoms with Crippen molar-refractivity contribution < 1.29 is 24.2 Å². The summed E-state index contributed by atoms with van der Waals surface area (Å²) in [5, 5.41) is 8.75. The Morgan fingerprint density at radius 2 is 1.55 bits per heavy atom. The SMILES string of the molecule is CCC(=O)OCCCCOC(=O)CCN(CC)CCCCO. The van der Waals surface area contributed by atoms with Crippen molar-refractivity contribution in [2.45, 2.75) is 52.4 Å². The molecule has 22 heavy (non-hydrogen) atoms. The van der Waals surface area contributed by atoms with E-state index in [0.717, 1.165) is 25.9 Å². The average molecular weight is 317 g/mol. The topological polar surface area (TPSA) is 76.1 Å². The molecule has 0 saturated carbocycles. The number of aliphatic hydroxyl groups excluding tert-OH is 1. The van der Waals surface area contributed by atoms with E-state index in [1.165, 1.54) is 0 Å². The summed E-state index contributed by atoms with van der Waals surface area (Å²) in [6.45, 7) is 7.27. The van der Waals surface area contributed by atoms with Crippen molar-refractivity contribution in [1.29, 1.82) is 0 Å². The second-order valence-electron chi connectivity index (χ2n) is 5.12. The number of unbranched alkanes of at least 4 members (excludes halogenated alkanes) is 2. The van der Waals surface area contributed by atoms with Gasteiger partial charge in [-0.25, -0.2) is 0 Å². The maximum Gasteiger partial charge on any atom is 0.307 e. The zero-order chi connectivity index (χ0) is 16.6. The third kappa shape index (κ3) is 12.6. The van der Waals surface area contributed by atoms with Gasteiger partial charge in [0.1, 0.15) is 0 Å². The van der Waals surface area contributed by atoms with Gasteiger partial charge in [0.15, 0.2) is 0 Å². The van der Waals surface area contributed by atoms with Crippen LogP contribution in [0.2, 0.25) is 0 Å². The van der Waals surface area contributed by atoms with Crippen LogP contribution in [-0.4, -0.2) is 61.4 Å². The lowest BCUT2D eigenvalue weighted by atomic mass is 10.3. The summed E-state index contributed by atoms with van der Waals surface area (Å²) in [6, 6.07) is 0. The lowest BCUT2D eigenvalue weighted by Crippen LogP contribution is -2.28. The van der Waals surface area contributed by atoms with E-state index in [9.17, 15) is 9.59 Å². The van der Waals surface area contributed by atoms with Crippen molar-refractivity contribution >= 4 is 11.9 Å². The van der Waals surface area contributed by atoms with Gasteiger partial charge in [-0.15, -0.1) is 0 Å². The Kier molecular flexibility index (Phi) is 14.0. The van der Waals surface area contributed by atoms with E-state index in [0.29, 0.717) is 45.4 Å². The molecule has 0 unspecified atom stereocenters. The van der Waals surface area contributed by atoms with Gasteiger partial charge in [-0.2, -0.15) is 0 Å². The molecule has 0 bridgehead atoms. The fraction of sp³-hybridized carbons (Fsp3) is 0.875. The lowest BCUT2D eigenvalue weighted by molar-refractivity contribution is -0.146. The molecule has 0 aromatic carbocycles. The molecule has 0 spiro atoms. The maximum absolute atomic E-state index is 11.6. The minimum atomic E-state index is -0.196. The molecule has 6 nitrogen and oxygen atoms in total. The van der Waals surface area contributed by atoms with Crippen molar-refractivity contribution in [3.63, 3.8) is 0 Å². The van der Waals surface area contributed by atoms with Gasteiger partial charge in [-0.05, 0) is 38.8 Å². The fourth-order valence-electron chi connectivity index (χ4n) is 1.88. The number of nitrogens with zero attached hydrogens (tertiary/aromatic N) is 1. The highest BCUT2D eigenvalue weighted by molar-refractivity contribution is 5.69. The normalized spacial score (nSPS) is 10.7. The van der Waals surface area contributed by atoms with Gasteiger partial charge in [-0.1, -0.05) is 13.8 Å². The summed E-state index contributed by atoms with van der Waals surface area (Å²) in [4.78, 5) is 24.7. The molecule has 0 aromatic heterocycles. The molecule has 0 aliphatic heterocycles. The van der Waals surface area contributed by atoms with Crippen LogP contribution in [0.4, 0.5) is 0 Å². The zero-order valence-corrected chi connectivity index (χ0v) is 14.0. The molecule has 6 heteroatoms.